The Labute approximate surface area is 185 Å². The van der Waals surface area contributed by atoms with Gasteiger partial charge in [0.1, 0.15) is 11.7 Å². The molecule has 0 spiro atoms. The lowest BCUT2D eigenvalue weighted by Gasteiger charge is -2.52. The second-order valence-electron chi connectivity index (χ2n) is 9.82. The number of carbonyl (C=O) groups is 4. The summed E-state index contributed by atoms with van der Waals surface area (Å²) in [5, 5.41) is 12.0. The zero-order valence-electron chi connectivity index (χ0n) is 19.1. The van der Waals surface area contributed by atoms with Crippen molar-refractivity contribution in [2.75, 3.05) is 0 Å². The summed E-state index contributed by atoms with van der Waals surface area (Å²) in [5.41, 5.74) is -4.87. The van der Waals surface area contributed by atoms with Crippen molar-refractivity contribution < 1.29 is 48.0 Å². The summed E-state index contributed by atoms with van der Waals surface area (Å²) in [6, 6.07) is 0. The molecule has 7 atom stereocenters. The maximum Gasteiger partial charge on any atom is 0.342 e. The number of esters is 3. The number of hydrogen-bond acceptors (Lipinski definition) is 10. The molecule has 32 heavy (non-hydrogen) atoms. The lowest BCUT2D eigenvalue weighted by molar-refractivity contribution is -0.381. The van der Waals surface area contributed by atoms with Crippen molar-refractivity contribution >= 4 is 23.7 Å². The van der Waals surface area contributed by atoms with Crippen LogP contribution in [0.4, 0.5) is 0 Å². The van der Waals surface area contributed by atoms with Crippen molar-refractivity contribution in [2.45, 2.75) is 95.8 Å². The summed E-state index contributed by atoms with van der Waals surface area (Å²) in [6.45, 7) is 10.1. The standard InChI is InChI=1S/C22H28O10/c1-9-13-14(16(15(9)25)28-10(2)23)20(6,30-11(3)24)8-12-22(27)17(13)29-18(26)21(22,7)32-19(4,5)31-12/h12,14,16-17,27H,8H2,1-7H3/t12-,14+,16-,17-,20-,21+,22+/m0/s1. The number of Topliss-reactive ketones (excluding diaryl/α,β-unsaturated/α-hetero) is 1. The third kappa shape index (κ3) is 2.82. The Morgan fingerprint density at radius 1 is 1.09 bits per heavy atom. The Morgan fingerprint density at radius 2 is 1.72 bits per heavy atom. The Balaban J connectivity index is 1.98. The molecular weight excluding hydrogens is 424 g/mol. The van der Waals surface area contributed by atoms with E-state index >= 15 is 0 Å². The van der Waals surface area contributed by atoms with Crippen molar-refractivity contribution in [2.24, 2.45) is 5.92 Å². The normalized spacial score (nSPS) is 44.4. The average Bonchev–Trinajstić information content (AvgIpc) is 2.94. The first-order valence-electron chi connectivity index (χ1n) is 10.5. The van der Waals surface area contributed by atoms with Crippen LogP contribution in [0.5, 0.6) is 0 Å². The first-order valence-corrected chi connectivity index (χ1v) is 10.5. The molecule has 2 saturated heterocycles. The van der Waals surface area contributed by atoms with Gasteiger partial charge in [0.2, 0.25) is 5.60 Å². The lowest BCUT2D eigenvalue weighted by atomic mass is 9.74. The molecule has 10 nitrogen and oxygen atoms in total. The van der Waals surface area contributed by atoms with E-state index in [0.717, 1.165) is 0 Å². The van der Waals surface area contributed by atoms with Crippen LogP contribution in [0.25, 0.3) is 0 Å². The first-order chi connectivity index (χ1) is 14.6. The molecule has 4 aliphatic rings. The van der Waals surface area contributed by atoms with Crippen molar-refractivity contribution in [3.05, 3.63) is 11.1 Å². The molecule has 0 amide bonds. The lowest BCUT2D eigenvalue weighted by Crippen LogP contribution is -2.72. The second-order valence-corrected chi connectivity index (χ2v) is 9.82. The van der Waals surface area contributed by atoms with Crippen molar-refractivity contribution in [1.29, 1.82) is 0 Å². The van der Waals surface area contributed by atoms with Gasteiger partial charge in [-0.15, -0.1) is 0 Å². The van der Waals surface area contributed by atoms with Gasteiger partial charge in [-0.1, -0.05) is 0 Å². The third-order valence-corrected chi connectivity index (χ3v) is 7.04. The summed E-state index contributed by atoms with van der Waals surface area (Å²) in [4.78, 5) is 50.1. The number of carbonyl (C=O) groups excluding carboxylic acids is 4. The molecule has 2 heterocycles. The van der Waals surface area contributed by atoms with Crippen molar-refractivity contribution in [3.63, 3.8) is 0 Å². The maximum atomic E-state index is 13.1. The largest absolute Gasteiger partial charge is 0.459 e. The van der Waals surface area contributed by atoms with E-state index in [1.807, 2.05) is 0 Å². The molecule has 0 aromatic heterocycles. The average molecular weight is 452 g/mol. The van der Waals surface area contributed by atoms with Crippen molar-refractivity contribution in [1.82, 2.24) is 0 Å². The summed E-state index contributed by atoms with van der Waals surface area (Å²) in [6.07, 6.45) is -3.82. The van der Waals surface area contributed by atoms with E-state index in [0.29, 0.717) is 0 Å². The molecule has 4 rings (SSSR count). The second kappa shape index (κ2) is 6.61. The third-order valence-electron chi connectivity index (χ3n) is 7.04. The molecule has 176 valence electrons. The summed E-state index contributed by atoms with van der Waals surface area (Å²) >= 11 is 0. The predicted molar refractivity (Wildman–Crippen MR) is 105 cm³/mol. The van der Waals surface area contributed by atoms with Crippen LogP contribution < -0.4 is 0 Å². The molecule has 10 heteroatoms. The Bertz CT molecular complexity index is 966. The summed E-state index contributed by atoms with van der Waals surface area (Å²) in [7, 11) is 0. The maximum absolute atomic E-state index is 13.1. The smallest absolute Gasteiger partial charge is 0.342 e. The van der Waals surface area contributed by atoms with Gasteiger partial charge in [-0.3, -0.25) is 14.4 Å². The number of hydrogen-bond donors (Lipinski definition) is 1. The van der Waals surface area contributed by atoms with E-state index in [4.69, 9.17) is 23.7 Å². The highest BCUT2D eigenvalue weighted by Gasteiger charge is 2.79. The van der Waals surface area contributed by atoms with Crippen LogP contribution in [-0.2, 0) is 42.9 Å². The van der Waals surface area contributed by atoms with Gasteiger partial charge >= 0.3 is 17.9 Å². The van der Waals surface area contributed by atoms with Crippen LogP contribution in [0.3, 0.4) is 0 Å². The number of ether oxygens (including phenoxy) is 5. The predicted octanol–water partition coefficient (Wildman–Crippen LogP) is 0.726. The van der Waals surface area contributed by atoms with E-state index in [1.54, 1.807) is 20.8 Å². The SMILES string of the molecule is CC(=O)O[C@@H]1C(=O)C(C)=C2[C@H]1[C@@](C)(OC(C)=O)C[C@@H]1OC(C)(C)O[C@]3(C)C(=O)O[C@@H]2[C@]13O. The fourth-order valence-electron chi connectivity index (χ4n) is 5.91. The van der Waals surface area contributed by atoms with Gasteiger partial charge in [-0.25, -0.2) is 4.79 Å². The molecule has 2 aliphatic carbocycles. The molecule has 1 N–H and O–H groups in total. The number of rotatable bonds is 2. The molecular formula is C22H28O10. The molecule has 0 radical (unpaired) electrons. The molecule has 0 unspecified atom stereocenters. The van der Waals surface area contributed by atoms with E-state index in [2.05, 4.69) is 0 Å². The number of aliphatic hydroxyl groups is 1. The minimum Gasteiger partial charge on any atom is -0.459 e. The van der Waals surface area contributed by atoms with Gasteiger partial charge in [0.05, 0.1) is 5.92 Å². The van der Waals surface area contributed by atoms with Crippen LogP contribution in [0.1, 0.15) is 54.9 Å². The van der Waals surface area contributed by atoms with Crippen molar-refractivity contribution in [3.8, 4) is 0 Å². The van der Waals surface area contributed by atoms with E-state index in [-0.39, 0.29) is 17.6 Å². The number of fused-ring (bicyclic) bond motifs is 2. The summed E-state index contributed by atoms with van der Waals surface area (Å²) < 4.78 is 28.7. The van der Waals surface area contributed by atoms with Gasteiger partial charge in [0.25, 0.3) is 0 Å². The fourth-order valence-corrected chi connectivity index (χ4v) is 5.91. The van der Waals surface area contributed by atoms with Crippen LogP contribution in [0, 0.1) is 5.92 Å². The Hall–Kier alpha value is -2.30. The number of ketones is 1. The van der Waals surface area contributed by atoms with E-state index in [9.17, 15) is 24.3 Å². The highest BCUT2D eigenvalue weighted by atomic mass is 16.8. The molecule has 1 saturated carbocycles. The fraction of sp³-hybridized carbons (Fsp3) is 0.727. The van der Waals surface area contributed by atoms with Crippen LogP contribution in [-0.4, -0.2) is 69.7 Å². The molecule has 2 aliphatic heterocycles. The molecule has 0 aromatic carbocycles. The quantitative estimate of drug-likeness (QED) is 0.472. The highest BCUT2D eigenvalue weighted by Crippen LogP contribution is 2.59. The monoisotopic (exact) mass is 452 g/mol. The van der Waals surface area contributed by atoms with Gasteiger partial charge in [-0.05, 0) is 45.8 Å². The van der Waals surface area contributed by atoms with Gasteiger partial charge in [-0.2, -0.15) is 0 Å². The molecule has 0 aromatic rings. The Morgan fingerprint density at radius 3 is 2.28 bits per heavy atom. The highest BCUT2D eigenvalue weighted by molar-refractivity contribution is 6.04. The Kier molecular flexibility index (Phi) is 4.73. The zero-order chi connectivity index (χ0) is 24.0. The summed E-state index contributed by atoms with van der Waals surface area (Å²) in [5.74, 6) is -4.91. The molecule has 0 bridgehead atoms. The topological polar surface area (TPSA) is 135 Å². The van der Waals surface area contributed by atoms with Gasteiger partial charge in [0.15, 0.2) is 29.4 Å². The minimum absolute atomic E-state index is 0.106. The first kappa shape index (κ1) is 22.9. The minimum atomic E-state index is -2.03. The van der Waals surface area contributed by atoms with Gasteiger partial charge in [0, 0.05) is 20.3 Å². The van der Waals surface area contributed by atoms with Gasteiger partial charge < -0.3 is 28.8 Å². The molecule has 3 fully saturated rings. The van der Waals surface area contributed by atoms with E-state index in [1.165, 1.54) is 27.7 Å². The van der Waals surface area contributed by atoms with Crippen LogP contribution in [0.15, 0.2) is 11.1 Å². The van der Waals surface area contributed by atoms with Crippen LogP contribution in [0.2, 0.25) is 0 Å². The van der Waals surface area contributed by atoms with E-state index < -0.39 is 70.5 Å². The van der Waals surface area contributed by atoms with Crippen LogP contribution >= 0.6 is 0 Å². The zero-order valence-corrected chi connectivity index (χ0v) is 19.1.